The number of nitrogens with zero attached hydrogens (tertiary/aromatic N) is 2. The summed E-state index contributed by atoms with van der Waals surface area (Å²) in [5.74, 6) is -0.243. The van der Waals surface area contributed by atoms with Gasteiger partial charge in [-0.2, -0.15) is 0 Å². The number of rotatable bonds is 9. The fourth-order valence-electron chi connectivity index (χ4n) is 5.42. The van der Waals surface area contributed by atoms with Crippen molar-refractivity contribution >= 4 is 23.4 Å². The summed E-state index contributed by atoms with van der Waals surface area (Å²) >= 11 is 0. The van der Waals surface area contributed by atoms with Gasteiger partial charge in [0.2, 0.25) is 11.8 Å². The van der Waals surface area contributed by atoms with E-state index in [1.54, 1.807) is 12.1 Å². The second-order valence-corrected chi connectivity index (χ2v) is 10.3. The fourth-order valence-corrected chi connectivity index (χ4v) is 5.42. The highest BCUT2D eigenvalue weighted by Crippen LogP contribution is 2.45. The Morgan fingerprint density at radius 3 is 2.70 bits per heavy atom. The molecule has 9 heteroatoms. The zero-order valence-electron chi connectivity index (χ0n) is 21.1. The Balaban J connectivity index is 1.29. The van der Waals surface area contributed by atoms with Crippen LogP contribution in [0.2, 0.25) is 0 Å². The molecule has 5 rings (SSSR count). The first-order valence-electron chi connectivity index (χ1n) is 12.9. The molecule has 4 N–H and O–H groups in total. The lowest BCUT2D eigenvalue weighted by Gasteiger charge is -2.31. The first kappa shape index (κ1) is 25.4. The lowest BCUT2D eigenvalue weighted by molar-refractivity contribution is -0.143. The SMILES string of the molecule is C[C@@H](C1CC1)N(Cc1ccccc1)C(=O)CN1COC2(CCc3cc(NC(=O)C(N)CO)ccc32)C1=O. The van der Waals surface area contributed by atoms with Gasteiger partial charge >= 0.3 is 0 Å². The number of anilines is 1. The van der Waals surface area contributed by atoms with Crippen molar-refractivity contribution < 1.29 is 24.2 Å². The highest BCUT2D eigenvalue weighted by Gasteiger charge is 2.53. The van der Waals surface area contributed by atoms with E-state index in [0.29, 0.717) is 31.0 Å². The Morgan fingerprint density at radius 1 is 1.24 bits per heavy atom. The molecule has 9 nitrogen and oxygen atoms in total. The minimum atomic E-state index is -1.11. The second-order valence-electron chi connectivity index (χ2n) is 10.3. The monoisotopic (exact) mass is 506 g/mol. The van der Waals surface area contributed by atoms with Crippen LogP contribution in [0, 0.1) is 5.92 Å². The highest BCUT2D eigenvalue weighted by atomic mass is 16.5. The average molecular weight is 507 g/mol. The molecule has 2 fully saturated rings. The van der Waals surface area contributed by atoms with Gasteiger partial charge in [0.05, 0.1) is 6.61 Å². The molecular weight excluding hydrogens is 472 g/mol. The Labute approximate surface area is 216 Å². The summed E-state index contributed by atoms with van der Waals surface area (Å²) in [4.78, 5) is 42.6. The third-order valence-corrected chi connectivity index (χ3v) is 7.83. The standard InChI is InChI=1S/C28H34N4O5/c1-18(20-7-8-20)32(14-19-5-3-2-4-6-19)25(34)15-31-17-37-28(27(31)36)12-11-21-13-22(9-10-23(21)28)30-26(35)24(29)16-33/h2-6,9-10,13,18,20,24,33H,7-8,11-12,14-17,29H2,1H3,(H,30,35)/t18-,24?,28?/m0/s1. The summed E-state index contributed by atoms with van der Waals surface area (Å²) in [5, 5.41) is 11.8. The maximum absolute atomic E-state index is 13.6. The van der Waals surface area contributed by atoms with E-state index in [2.05, 4.69) is 12.2 Å². The van der Waals surface area contributed by atoms with Crippen LogP contribution in [0.3, 0.4) is 0 Å². The summed E-state index contributed by atoms with van der Waals surface area (Å²) in [7, 11) is 0. The largest absolute Gasteiger partial charge is 0.394 e. The summed E-state index contributed by atoms with van der Waals surface area (Å²) in [5.41, 5.74) is 7.77. The molecule has 3 aliphatic rings. The minimum Gasteiger partial charge on any atom is -0.394 e. The number of aryl methyl sites for hydroxylation is 1. The lowest BCUT2D eigenvalue weighted by Crippen LogP contribution is -2.47. The van der Waals surface area contributed by atoms with Crippen LogP contribution in [0.4, 0.5) is 5.69 Å². The number of hydrogen-bond donors (Lipinski definition) is 3. The van der Waals surface area contributed by atoms with Crippen LogP contribution in [0.5, 0.6) is 0 Å². The summed E-state index contributed by atoms with van der Waals surface area (Å²) in [6.07, 6.45) is 3.34. The number of aliphatic hydroxyl groups excluding tert-OH is 1. The summed E-state index contributed by atoms with van der Waals surface area (Å²) < 4.78 is 6.11. The Bertz CT molecular complexity index is 1180. The van der Waals surface area contributed by atoms with Gasteiger partial charge in [-0.05, 0) is 67.3 Å². The van der Waals surface area contributed by atoms with Crippen LogP contribution in [0.25, 0.3) is 0 Å². The van der Waals surface area contributed by atoms with E-state index in [1.807, 2.05) is 41.3 Å². The maximum Gasteiger partial charge on any atom is 0.261 e. The van der Waals surface area contributed by atoms with E-state index in [1.165, 1.54) is 4.90 Å². The fraction of sp³-hybridized carbons (Fsp3) is 0.464. The molecule has 1 saturated heterocycles. The minimum absolute atomic E-state index is 0.0208. The molecule has 3 amide bonds. The molecule has 0 radical (unpaired) electrons. The predicted octanol–water partition coefficient (Wildman–Crippen LogP) is 1.73. The highest BCUT2D eigenvalue weighted by molar-refractivity contribution is 5.96. The van der Waals surface area contributed by atoms with E-state index < -0.39 is 24.2 Å². The van der Waals surface area contributed by atoms with Gasteiger partial charge < -0.3 is 30.7 Å². The van der Waals surface area contributed by atoms with Gasteiger partial charge in [0.25, 0.3) is 5.91 Å². The van der Waals surface area contributed by atoms with Crippen molar-refractivity contribution in [3.63, 3.8) is 0 Å². The molecule has 3 atom stereocenters. The molecular formula is C28H34N4O5. The number of carbonyl (C=O) groups is 3. The number of amides is 3. The van der Waals surface area contributed by atoms with Crippen LogP contribution >= 0.6 is 0 Å². The molecule has 2 unspecified atom stereocenters. The first-order chi connectivity index (χ1) is 17.8. The smallest absolute Gasteiger partial charge is 0.261 e. The van der Waals surface area contributed by atoms with Crippen molar-refractivity contribution in [3.8, 4) is 0 Å². The number of fused-ring (bicyclic) bond motifs is 2. The number of carbonyl (C=O) groups excluding carboxylic acids is 3. The number of nitrogens with one attached hydrogen (secondary N) is 1. The third-order valence-electron chi connectivity index (χ3n) is 7.83. The molecule has 1 spiro atoms. The zero-order chi connectivity index (χ0) is 26.2. The van der Waals surface area contributed by atoms with Crippen molar-refractivity contribution in [1.82, 2.24) is 9.80 Å². The van der Waals surface area contributed by atoms with Crippen LogP contribution in [0.15, 0.2) is 48.5 Å². The Morgan fingerprint density at radius 2 is 2.00 bits per heavy atom. The molecule has 2 aliphatic carbocycles. The molecule has 1 aliphatic heterocycles. The van der Waals surface area contributed by atoms with E-state index in [0.717, 1.165) is 29.5 Å². The number of hydrogen-bond acceptors (Lipinski definition) is 6. The molecule has 1 heterocycles. The van der Waals surface area contributed by atoms with Gasteiger partial charge in [-0.1, -0.05) is 36.4 Å². The van der Waals surface area contributed by atoms with Crippen molar-refractivity contribution in [2.45, 2.75) is 56.8 Å². The lowest BCUT2D eigenvalue weighted by atomic mass is 9.94. The normalized spacial score (nSPS) is 22.1. The third kappa shape index (κ3) is 4.99. The molecule has 0 aromatic heterocycles. The van der Waals surface area contributed by atoms with E-state index in [4.69, 9.17) is 15.6 Å². The van der Waals surface area contributed by atoms with Crippen LogP contribution in [0.1, 0.15) is 42.9 Å². The van der Waals surface area contributed by atoms with Gasteiger partial charge in [0.1, 0.15) is 19.3 Å². The van der Waals surface area contributed by atoms with E-state index in [9.17, 15) is 14.4 Å². The number of nitrogens with two attached hydrogens (primary N) is 1. The quantitative estimate of drug-likeness (QED) is 0.476. The molecule has 2 aromatic rings. The van der Waals surface area contributed by atoms with E-state index >= 15 is 0 Å². The van der Waals surface area contributed by atoms with Gasteiger partial charge in [0.15, 0.2) is 5.60 Å². The molecule has 2 aromatic carbocycles. The number of benzene rings is 2. The maximum atomic E-state index is 13.6. The second kappa shape index (κ2) is 10.2. The molecule has 1 saturated carbocycles. The number of ether oxygens (including phenoxy) is 1. The summed E-state index contributed by atoms with van der Waals surface area (Å²) in [6, 6.07) is 14.4. The van der Waals surface area contributed by atoms with Crippen LogP contribution in [-0.2, 0) is 37.7 Å². The Kier molecular flexibility index (Phi) is 7.02. The van der Waals surface area contributed by atoms with Crippen molar-refractivity contribution in [2.75, 3.05) is 25.2 Å². The van der Waals surface area contributed by atoms with Crippen molar-refractivity contribution in [3.05, 3.63) is 65.2 Å². The average Bonchev–Trinajstić information content (AvgIpc) is 3.64. The van der Waals surface area contributed by atoms with Crippen LogP contribution < -0.4 is 11.1 Å². The van der Waals surface area contributed by atoms with E-state index in [-0.39, 0.29) is 31.1 Å². The topological polar surface area (TPSA) is 125 Å². The summed E-state index contributed by atoms with van der Waals surface area (Å²) in [6.45, 7) is 2.21. The van der Waals surface area contributed by atoms with Gasteiger partial charge in [-0.25, -0.2) is 0 Å². The Hall–Kier alpha value is -3.27. The first-order valence-corrected chi connectivity index (χ1v) is 12.9. The van der Waals surface area contributed by atoms with Crippen LogP contribution in [-0.4, -0.2) is 64.6 Å². The van der Waals surface area contributed by atoms with Crippen molar-refractivity contribution in [2.24, 2.45) is 11.7 Å². The predicted molar refractivity (Wildman–Crippen MR) is 137 cm³/mol. The molecule has 0 bridgehead atoms. The van der Waals surface area contributed by atoms with Gasteiger partial charge in [-0.3, -0.25) is 14.4 Å². The molecule has 37 heavy (non-hydrogen) atoms. The number of aliphatic hydroxyl groups is 1. The van der Waals surface area contributed by atoms with Gasteiger partial charge in [-0.15, -0.1) is 0 Å². The molecule has 196 valence electrons. The zero-order valence-corrected chi connectivity index (χ0v) is 21.1. The van der Waals surface area contributed by atoms with Gasteiger partial charge in [0, 0.05) is 18.3 Å². The van der Waals surface area contributed by atoms with Crippen molar-refractivity contribution in [1.29, 1.82) is 0 Å².